The molecular formula is C21H18N2O5. The van der Waals surface area contributed by atoms with Gasteiger partial charge in [0.05, 0.1) is 13.4 Å². The van der Waals surface area contributed by atoms with E-state index in [1.54, 1.807) is 18.3 Å². The van der Waals surface area contributed by atoms with E-state index < -0.39 is 0 Å². The molecule has 0 N–H and O–H groups in total. The molecule has 142 valence electrons. The van der Waals surface area contributed by atoms with Crippen molar-refractivity contribution in [3.63, 3.8) is 0 Å². The van der Waals surface area contributed by atoms with Gasteiger partial charge in [-0.3, -0.25) is 4.79 Å². The second-order valence-corrected chi connectivity index (χ2v) is 5.48. The number of ether oxygens (including phenoxy) is 4. The van der Waals surface area contributed by atoms with Crippen molar-refractivity contribution >= 4 is 12.0 Å². The minimum atomic E-state index is 0.0374. The van der Waals surface area contributed by atoms with E-state index >= 15 is 0 Å². The average Bonchev–Trinajstić information content (AvgIpc) is 2.73. The van der Waals surface area contributed by atoms with Crippen LogP contribution in [0.5, 0.6) is 23.4 Å². The van der Waals surface area contributed by atoms with Crippen LogP contribution in [0.3, 0.4) is 0 Å². The van der Waals surface area contributed by atoms with Gasteiger partial charge in [0.15, 0.2) is 0 Å². The van der Waals surface area contributed by atoms with Crippen LogP contribution in [-0.2, 0) is 14.3 Å². The summed E-state index contributed by atoms with van der Waals surface area (Å²) < 4.78 is 21.5. The predicted molar refractivity (Wildman–Crippen MR) is 102 cm³/mol. The Kier molecular flexibility index (Phi) is 6.57. The van der Waals surface area contributed by atoms with Crippen molar-refractivity contribution < 1.29 is 23.7 Å². The van der Waals surface area contributed by atoms with Gasteiger partial charge in [0.1, 0.15) is 18.1 Å². The van der Waals surface area contributed by atoms with Crippen LogP contribution in [-0.4, -0.2) is 30.2 Å². The Balaban J connectivity index is 1.83. The third-order valence-electron chi connectivity index (χ3n) is 3.57. The summed E-state index contributed by atoms with van der Waals surface area (Å²) in [5, 5.41) is 0. The number of carbonyl (C=O) groups is 1. The number of hydrogen-bond acceptors (Lipinski definition) is 7. The zero-order chi connectivity index (χ0) is 19.6. The van der Waals surface area contributed by atoms with Crippen LogP contribution in [0.4, 0.5) is 0 Å². The molecule has 0 saturated heterocycles. The number of benzene rings is 2. The summed E-state index contributed by atoms with van der Waals surface area (Å²) in [5.41, 5.74) is 1.31. The molecule has 2 aromatic carbocycles. The fourth-order valence-electron chi connectivity index (χ4n) is 2.40. The molecule has 3 aromatic rings. The Morgan fingerprint density at radius 2 is 1.79 bits per heavy atom. The van der Waals surface area contributed by atoms with E-state index in [1.165, 1.54) is 13.4 Å². The van der Waals surface area contributed by atoms with Crippen LogP contribution in [0.25, 0.3) is 5.57 Å². The summed E-state index contributed by atoms with van der Waals surface area (Å²) in [6, 6.07) is 18.3. The first kappa shape index (κ1) is 18.9. The molecule has 28 heavy (non-hydrogen) atoms. The van der Waals surface area contributed by atoms with Crippen molar-refractivity contribution in [3.8, 4) is 23.4 Å². The molecule has 0 radical (unpaired) electrons. The van der Waals surface area contributed by atoms with E-state index in [2.05, 4.69) is 9.97 Å². The van der Waals surface area contributed by atoms with Gasteiger partial charge in [-0.1, -0.05) is 36.4 Å². The molecule has 3 rings (SSSR count). The molecule has 1 heterocycles. The lowest BCUT2D eigenvalue weighted by Crippen LogP contribution is -2.01. The zero-order valence-corrected chi connectivity index (χ0v) is 15.1. The maximum atomic E-state index is 10.6. The highest BCUT2D eigenvalue weighted by Gasteiger charge is 2.12. The highest BCUT2D eigenvalue weighted by molar-refractivity contribution is 5.71. The van der Waals surface area contributed by atoms with Crippen molar-refractivity contribution in [1.82, 2.24) is 9.97 Å². The predicted octanol–water partition coefficient (Wildman–Crippen LogP) is 4.22. The molecule has 1 aromatic heterocycles. The van der Waals surface area contributed by atoms with Gasteiger partial charge in [0.25, 0.3) is 6.47 Å². The van der Waals surface area contributed by atoms with Crippen LogP contribution in [0.1, 0.15) is 5.56 Å². The number of aromatic nitrogens is 2. The highest BCUT2D eigenvalue weighted by Crippen LogP contribution is 2.30. The maximum absolute atomic E-state index is 10.6. The molecule has 0 aliphatic heterocycles. The Morgan fingerprint density at radius 3 is 2.57 bits per heavy atom. The first-order valence-electron chi connectivity index (χ1n) is 8.40. The van der Waals surface area contributed by atoms with Crippen molar-refractivity contribution in [3.05, 3.63) is 78.7 Å². The lowest BCUT2D eigenvalue weighted by Gasteiger charge is -2.12. The van der Waals surface area contributed by atoms with Crippen LogP contribution in [0.2, 0.25) is 0 Å². The number of hydrogen-bond donors (Lipinski definition) is 0. The average molecular weight is 378 g/mol. The Labute approximate surface area is 162 Å². The van der Waals surface area contributed by atoms with Gasteiger partial charge in [0.2, 0.25) is 5.88 Å². The summed E-state index contributed by atoms with van der Waals surface area (Å²) in [6.45, 7) is 0.413. The summed E-state index contributed by atoms with van der Waals surface area (Å²) in [7, 11) is 1.51. The molecule has 0 unspecified atom stereocenters. The Morgan fingerprint density at radius 1 is 1.00 bits per heavy atom. The molecule has 0 aliphatic rings. The molecule has 0 amide bonds. The van der Waals surface area contributed by atoms with Crippen LogP contribution in [0, 0.1) is 0 Å². The van der Waals surface area contributed by atoms with Gasteiger partial charge in [-0.2, -0.15) is 4.98 Å². The molecule has 7 heteroatoms. The third-order valence-corrected chi connectivity index (χ3v) is 3.57. The molecule has 0 aliphatic carbocycles. The Hall–Kier alpha value is -3.87. The number of carbonyl (C=O) groups excluding carboxylic acids is 1. The topological polar surface area (TPSA) is 79.8 Å². The van der Waals surface area contributed by atoms with Gasteiger partial charge in [-0.05, 0) is 18.2 Å². The van der Waals surface area contributed by atoms with Gasteiger partial charge in [0, 0.05) is 23.4 Å². The van der Waals surface area contributed by atoms with Crippen LogP contribution < -0.4 is 9.47 Å². The van der Waals surface area contributed by atoms with Crippen molar-refractivity contribution in [2.45, 2.75) is 0 Å². The quantitative estimate of drug-likeness (QED) is 0.407. The summed E-state index contributed by atoms with van der Waals surface area (Å²) >= 11 is 0. The smallest absolute Gasteiger partial charge is 0.325 e. The van der Waals surface area contributed by atoms with Gasteiger partial charge >= 0.3 is 6.01 Å². The first-order valence-corrected chi connectivity index (χ1v) is 8.40. The Bertz CT molecular complexity index is 944. The van der Waals surface area contributed by atoms with E-state index in [9.17, 15) is 4.79 Å². The maximum Gasteiger partial charge on any atom is 0.325 e. The van der Waals surface area contributed by atoms with Crippen molar-refractivity contribution in [2.24, 2.45) is 0 Å². The molecule has 0 bridgehead atoms. The molecule has 7 nitrogen and oxygen atoms in total. The molecule has 0 fully saturated rings. The monoisotopic (exact) mass is 378 g/mol. The minimum Gasteiger partial charge on any atom is -0.504 e. The van der Waals surface area contributed by atoms with E-state index in [4.69, 9.17) is 18.9 Å². The van der Waals surface area contributed by atoms with Crippen LogP contribution >= 0.6 is 0 Å². The largest absolute Gasteiger partial charge is 0.504 e. The lowest BCUT2D eigenvalue weighted by molar-refractivity contribution is -0.127. The SMILES string of the molecule is CO/C=C(/COC=O)c1ccccc1Oc1nccc(Oc2ccccc2)n1. The van der Waals surface area contributed by atoms with Crippen molar-refractivity contribution in [2.75, 3.05) is 13.7 Å². The van der Waals surface area contributed by atoms with Gasteiger partial charge in [-0.15, -0.1) is 0 Å². The number of para-hydroxylation sites is 2. The molecule has 0 spiro atoms. The molecule has 0 saturated carbocycles. The minimum absolute atomic E-state index is 0.0374. The van der Waals surface area contributed by atoms with E-state index in [-0.39, 0.29) is 12.6 Å². The van der Waals surface area contributed by atoms with E-state index in [0.717, 1.165) is 0 Å². The first-order chi connectivity index (χ1) is 13.8. The molecule has 0 atom stereocenters. The standard InChI is InChI=1S/C21H18N2O5/c1-25-13-16(14-26-15-24)18-9-5-6-10-19(18)28-21-22-12-11-20(23-21)27-17-7-3-2-4-8-17/h2-13,15H,14H2,1H3/b16-13-. The zero-order valence-electron chi connectivity index (χ0n) is 15.1. The number of methoxy groups -OCH3 is 1. The van der Waals surface area contributed by atoms with Gasteiger partial charge in [-0.25, -0.2) is 4.98 Å². The van der Waals surface area contributed by atoms with Gasteiger partial charge < -0.3 is 18.9 Å². The van der Waals surface area contributed by atoms with Crippen molar-refractivity contribution in [1.29, 1.82) is 0 Å². The second kappa shape index (κ2) is 9.72. The van der Waals surface area contributed by atoms with E-state index in [1.807, 2.05) is 48.5 Å². The summed E-state index contributed by atoms with van der Waals surface area (Å²) in [5.74, 6) is 1.49. The van der Waals surface area contributed by atoms with Crippen LogP contribution in [0.15, 0.2) is 73.1 Å². The fourth-order valence-corrected chi connectivity index (χ4v) is 2.40. The number of rotatable bonds is 9. The molecular weight excluding hydrogens is 360 g/mol. The highest BCUT2D eigenvalue weighted by atomic mass is 16.5. The fraction of sp³-hybridized carbons (Fsp3) is 0.0952. The normalized spacial score (nSPS) is 10.8. The second-order valence-electron chi connectivity index (χ2n) is 5.48. The summed E-state index contributed by atoms with van der Waals surface area (Å²) in [4.78, 5) is 19.0. The third kappa shape index (κ3) is 5.07. The summed E-state index contributed by atoms with van der Waals surface area (Å²) in [6.07, 6.45) is 3.03. The van der Waals surface area contributed by atoms with E-state index in [0.29, 0.717) is 35.0 Å². The lowest BCUT2D eigenvalue weighted by atomic mass is 10.1. The number of nitrogens with zero attached hydrogens (tertiary/aromatic N) is 2.